The fourth-order valence-corrected chi connectivity index (χ4v) is 3.06. The maximum atomic E-state index is 12.3. The topological polar surface area (TPSA) is 84.0 Å². The van der Waals surface area contributed by atoms with Crippen molar-refractivity contribution >= 4 is 29.0 Å². The molecule has 0 bridgehead atoms. The zero-order valence-electron chi connectivity index (χ0n) is 13.7. The Hall–Kier alpha value is -2.28. The number of rotatable bonds is 6. The van der Waals surface area contributed by atoms with E-state index in [4.69, 9.17) is 0 Å². The Morgan fingerprint density at radius 2 is 2.00 bits per heavy atom. The van der Waals surface area contributed by atoms with Gasteiger partial charge < -0.3 is 10.6 Å². The second-order valence-electron chi connectivity index (χ2n) is 5.98. The third-order valence-corrected chi connectivity index (χ3v) is 4.84. The van der Waals surface area contributed by atoms with Gasteiger partial charge in [-0.05, 0) is 55.4 Å². The molecule has 1 aliphatic rings. The Morgan fingerprint density at radius 1 is 1.29 bits per heavy atom. The van der Waals surface area contributed by atoms with Gasteiger partial charge in [-0.25, -0.2) is 0 Å². The second-order valence-corrected chi connectivity index (χ2v) is 6.74. The van der Waals surface area contributed by atoms with E-state index in [1.807, 2.05) is 38.1 Å². The second kappa shape index (κ2) is 7.09. The van der Waals surface area contributed by atoms with Crippen molar-refractivity contribution in [3.8, 4) is 0 Å². The van der Waals surface area contributed by atoms with Crippen LogP contribution < -0.4 is 10.6 Å². The van der Waals surface area contributed by atoms with Crippen LogP contribution in [0.25, 0.3) is 0 Å². The molecule has 24 heavy (non-hydrogen) atoms. The van der Waals surface area contributed by atoms with E-state index in [9.17, 15) is 9.59 Å². The van der Waals surface area contributed by atoms with E-state index in [0.717, 1.165) is 41.3 Å². The number of anilines is 1. The molecule has 1 fully saturated rings. The number of aryl methyl sites for hydroxylation is 1. The molecule has 2 amide bonds. The molecule has 126 valence electrons. The van der Waals surface area contributed by atoms with Crippen molar-refractivity contribution in [1.29, 1.82) is 0 Å². The minimum Gasteiger partial charge on any atom is -0.345 e. The van der Waals surface area contributed by atoms with Crippen LogP contribution in [0.5, 0.6) is 0 Å². The first-order valence-corrected chi connectivity index (χ1v) is 8.88. The van der Waals surface area contributed by atoms with Crippen LogP contribution in [0, 0.1) is 5.92 Å². The van der Waals surface area contributed by atoms with E-state index in [-0.39, 0.29) is 23.8 Å². The predicted octanol–water partition coefficient (Wildman–Crippen LogP) is 2.94. The summed E-state index contributed by atoms with van der Waals surface area (Å²) in [4.78, 5) is 24.6. The van der Waals surface area contributed by atoms with Crippen LogP contribution in [-0.2, 0) is 11.2 Å². The summed E-state index contributed by atoms with van der Waals surface area (Å²) in [6.07, 6.45) is 2.65. The van der Waals surface area contributed by atoms with E-state index < -0.39 is 0 Å². The fraction of sp³-hybridized carbons (Fsp3) is 0.412. The Balaban J connectivity index is 1.61. The quantitative estimate of drug-likeness (QED) is 0.844. The van der Waals surface area contributed by atoms with E-state index in [2.05, 4.69) is 20.2 Å². The molecule has 3 rings (SSSR count). The van der Waals surface area contributed by atoms with Crippen molar-refractivity contribution < 1.29 is 9.59 Å². The SMILES string of the molecule is CCc1nnsc1C(=O)NC(C)c1ccc(NC(=O)C2CC2)cc1. The first kappa shape index (κ1) is 16.6. The third kappa shape index (κ3) is 3.79. The molecule has 0 aliphatic heterocycles. The van der Waals surface area contributed by atoms with Crippen molar-refractivity contribution in [3.05, 3.63) is 40.4 Å². The normalized spacial score (nSPS) is 14.9. The third-order valence-electron chi connectivity index (χ3n) is 4.07. The Morgan fingerprint density at radius 3 is 2.62 bits per heavy atom. The Kier molecular flexibility index (Phi) is 4.89. The smallest absolute Gasteiger partial charge is 0.265 e. The first-order valence-electron chi connectivity index (χ1n) is 8.11. The highest BCUT2D eigenvalue weighted by Gasteiger charge is 2.29. The standard InChI is InChI=1S/C17H20N4O2S/c1-3-14-15(24-21-20-14)17(23)18-10(2)11-6-8-13(9-7-11)19-16(22)12-4-5-12/h6-10,12H,3-5H2,1-2H3,(H,18,23)(H,19,22). The van der Waals surface area contributed by atoms with E-state index in [1.54, 1.807) is 0 Å². The molecule has 2 aromatic rings. The summed E-state index contributed by atoms with van der Waals surface area (Å²) < 4.78 is 3.84. The largest absolute Gasteiger partial charge is 0.345 e. The molecular formula is C17H20N4O2S. The minimum absolute atomic E-state index is 0.0916. The molecule has 0 radical (unpaired) electrons. The number of nitrogens with one attached hydrogen (secondary N) is 2. The fourth-order valence-electron chi connectivity index (χ4n) is 2.40. The molecule has 1 aromatic carbocycles. The summed E-state index contributed by atoms with van der Waals surface area (Å²) in [5.74, 6) is 0.123. The Bertz CT molecular complexity index is 737. The highest BCUT2D eigenvalue weighted by Crippen LogP contribution is 2.30. The number of amides is 2. The van der Waals surface area contributed by atoms with Crippen molar-refractivity contribution in [2.45, 2.75) is 39.2 Å². The van der Waals surface area contributed by atoms with Crippen molar-refractivity contribution in [1.82, 2.24) is 14.9 Å². The lowest BCUT2D eigenvalue weighted by molar-refractivity contribution is -0.117. The van der Waals surface area contributed by atoms with Gasteiger partial charge in [0.15, 0.2) is 0 Å². The molecule has 1 heterocycles. The predicted molar refractivity (Wildman–Crippen MR) is 93.0 cm³/mol. The summed E-state index contributed by atoms with van der Waals surface area (Å²) in [6.45, 7) is 3.88. The molecule has 1 unspecified atom stereocenters. The van der Waals surface area contributed by atoms with Crippen molar-refractivity contribution in [2.24, 2.45) is 5.92 Å². The van der Waals surface area contributed by atoms with Gasteiger partial charge in [-0.1, -0.05) is 23.5 Å². The van der Waals surface area contributed by atoms with Crippen LogP contribution in [0.2, 0.25) is 0 Å². The van der Waals surface area contributed by atoms with E-state index in [0.29, 0.717) is 11.3 Å². The summed E-state index contributed by atoms with van der Waals surface area (Å²) in [5, 5.41) is 9.83. The van der Waals surface area contributed by atoms with Gasteiger partial charge in [0.05, 0.1) is 11.7 Å². The van der Waals surface area contributed by atoms with Crippen LogP contribution in [0.15, 0.2) is 24.3 Å². The van der Waals surface area contributed by atoms with Gasteiger partial charge >= 0.3 is 0 Å². The number of nitrogens with zero attached hydrogens (tertiary/aromatic N) is 2. The maximum Gasteiger partial charge on any atom is 0.265 e. The lowest BCUT2D eigenvalue weighted by atomic mass is 10.1. The van der Waals surface area contributed by atoms with Crippen LogP contribution in [0.4, 0.5) is 5.69 Å². The van der Waals surface area contributed by atoms with Crippen LogP contribution >= 0.6 is 11.5 Å². The van der Waals surface area contributed by atoms with Gasteiger partial charge in [0.2, 0.25) is 5.91 Å². The zero-order chi connectivity index (χ0) is 17.1. The van der Waals surface area contributed by atoms with Gasteiger partial charge in [-0.15, -0.1) is 5.10 Å². The Labute approximate surface area is 144 Å². The summed E-state index contributed by atoms with van der Waals surface area (Å²) in [6, 6.07) is 7.42. The van der Waals surface area contributed by atoms with Crippen LogP contribution in [0.3, 0.4) is 0 Å². The summed E-state index contributed by atoms with van der Waals surface area (Å²) in [7, 11) is 0. The molecule has 7 heteroatoms. The van der Waals surface area contributed by atoms with Crippen molar-refractivity contribution in [2.75, 3.05) is 5.32 Å². The van der Waals surface area contributed by atoms with Gasteiger partial charge in [-0.2, -0.15) is 0 Å². The summed E-state index contributed by atoms with van der Waals surface area (Å²) in [5.41, 5.74) is 2.49. The average Bonchev–Trinajstić information content (AvgIpc) is 3.32. The minimum atomic E-state index is -0.152. The number of carbonyl (C=O) groups excluding carboxylic acids is 2. The van der Waals surface area contributed by atoms with E-state index >= 15 is 0 Å². The monoisotopic (exact) mass is 344 g/mol. The highest BCUT2D eigenvalue weighted by molar-refractivity contribution is 7.08. The van der Waals surface area contributed by atoms with Gasteiger partial charge in [-0.3, -0.25) is 9.59 Å². The molecule has 1 saturated carbocycles. The first-order chi connectivity index (χ1) is 11.6. The van der Waals surface area contributed by atoms with Gasteiger partial charge in [0, 0.05) is 11.6 Å². The van der Waals surface area contributed by atoms with Crippen LogP contribution in [-0.4, -0.2) is 21.4 Å². The molecule has 1 aliphatic carbocycles. The maximum absolute atomic E-state index is 12.3. The lowest BCUT2D eigenvalue weighted by Gasteiger charge is -2.14. The van der Waals surface area contributed by atoms with Crippen molar-refractivity contribution in [3.63, 3.8) is 0 Å². The molecule has 1 atom stereocenters. The van der Waals surface area contributed by atoms with E-state index in [1.165, 1.54) is 0 Å². The molecule has 6 nitrogen and oxygen atoms in total. The zero-order valence-corrected chi connectivity index (χ0v) is 14.5. The number of benzene rings is 1. The van der Waals surface area contributed by atoms with Gasteiger partial charge in [0.25, 0.3) is 5.91 Å². The number of carbonyl (C=O) groups is 2. The lowest BCUT2D eigenvalue weighted by Crippen LogP contribution is -2.26. The molecule has 1 aromatic heterocycles. The average molecular weight is 344 g/mol. The number of hydrogen-bond donors (Lipinski definition) is 2. The molecular weight excluding hydrogens is 324 g/mol. The number of hydrogen-bond acceptors (Lipinski definition) is 5. The van der Waals surface area contributed by atoms with Crippen LogP contribution in [0.1, 0.15) is 53.7 Å². The number of aromatic nitrogens is 2. The molecule has 2 N–H and O–H groups in total. The summed E-state index contributed by atoms with van der Waals surface area (Å²) >= 11 is 1.12. The molecule has 0 saturated heterocycles. The van der Waals surface area contributed by atoms with Gasteiger partial charge in [0.1, 0.15) is 4.88 Å². The highest BCUT2D eigenvalue weighted by atomic mass is 32.1. The molecule has 0 spiro atoms.